The zero-order valence-corrected chi connectivity index (χ0v) is 14.1. The van der Waals surface area contributed by atoms with Crippen molar-refractivity contribution in [3.05, 3.63) is 59.5 Å². The van der Waals surface area contributed by atoms with Crippen LogP contribution in [0.15, 0.2) is 47.6 Å². The summed E-state index contributed by atoms with van der Waals surface area (Å²) >= 11 is 0. The molecule has 1 aromatic carbocycles. The van der Waals surface area contributed by atoms with Crippen molar-refractivity contribution >= 4 is 11.8 Å². The number of anilines is 1. The Morgan fingerprint density at radius 2 is 1.85 bits per heavy atom. The van der Waals surface area contributed by atoms with Crippen LogP contribution in [0.2, 0.25) is 0 Å². The largest absolute Gasteiger partial charge is 0.419 e. The molecular weight excluding hydrogens is 350 g/mol. The summed E-state index contributed by atoms with van der Waals surface area (Å²) in [6.07, 6.45) is -3.18. The first-order chi connectivity index (χ1) is 12.4. The summed E-state index contributed by atoms with van der Waals surface area (Å²) in [5.41, 5.74) is -0.334. The third-order valence-corrected chi connectivity index (χ3v) is 3.45. The van der Waals surface area contributed by atoms with Gasteiger partial charge in [0, 0.05) is 38.4 Å². The number of aliphatic imine (C=N–C) groups is 1. The molecule has 3 N–H and O–H groups in total. The van der Waals surface area contributed by atoms with Gasteiger partial charge in [0.25, 0.3) is 0 Å². The van der Waals surface area contributed by atoms with E-state index in [-0.39, 0.29) is 24.7 Å². The number of rotatable bonds is 6. The number of nitrogens with zero attached hydrogens (tertiary/aromatic N) is 2. The Balaban J connectivity index is 1.81. The van der Waals surface area contributed by atoms with E-state index in [1.54, 1.807) is 25.2 Å². The first-order valence-corrected chi connectivity index (χ1v) is 7.86. The number of halogens is 4. The fourth-order valence-corrected chi connectivity index (χ4v) is 2.18. The first kappa shape index (κ1) is 19.5. The van der Waals surface area contributed by atoms with E-state index in [1.165, 1.54) is 18.3 Å². The Morgan fingerprint density at radius 3 is 2.54 bits per heavy atom. The highest BCUT2D eigenvalue weighted by Gasteiger charge is 2.33. The van der Waals surface area contributed by atoms with Crippen LogP contribution in [0.1, 0.15) is 11.1 Å². The summed E-state index contributed by atoms with van der Waals surface area (Å²) in [6.45, 7) is 0.726. The molecule has 0 aliphatic carbocycles. The molecule has 0 bridgehead atoms. The lowest BCUT2D eigenvalue weighted by molar-refractivity contribution is -0.137. The fourth-order valence-electron chi connectivity index (χ4n) is 2.18. The molecule has 0 fully saturated rings. The number of benzene rings is 1. The van der Waals surface area contributed by atoms with E-state index in [4.69, 9.17) is 0 Å². The second-order valence-electron chi connectivity index (χ2n) is 5.27. The Morgan fingerprint density at radius 1 is 1.08 bits per heavy atom. The van der Waals surface area contributed by atoms with Crippen molar-refractivity contribution in [3.8, 4) is 0 Å². The molecule has 140 valence electrons. The van der Waals surface area contributed by atoms with Crippen LogP contribution in [0.5, 0.6) is 0 Å². The maximum atomic E-state index is 13.6. The van der Waals surface area contributed by atoms with Crippen molar-refractivity contribution in [3.63, 3.8) is 0 Å². The Hall–Kier alpha value is -2.84. The van der Waals surface area contributed by atoms with Crippen molar-refractivity contribution in [1.82, 2.24) is 15.6 Å². The summed E-state index contributed by atoms with van der Waals surface area (Å²) < 4.78 is 52.2. The molecular formula is C17H19F4N5. The molecule has 2 aromatic rings. The number of hydrogen-bond donors (Lipinski definition) is 3. The van der Waals surface area contributed by atoms with Crippen LogP contribution in [0, 0.1) is 5.82 Å². The van der Waals surface area contributed by atoms with Gasteiger partial charge in [0.05, 0.1) is 5.56 Å². The number of pyridine rings is 1. The monoisotopic (exact) mass is 369 g/mol. The SMILES string of the molecule is CN=C(NCCNc1ncccc1C(F)(F)F)NCc1ccccc1F. The first-order valence-electron chi connectivity index (χ1n) is 7.86. The lowest BCUT2D eigenvalue weighted by Gasteiger charge is -2.15. The highest BCUT2D eigenvalue weighted by molar-refractivity contribution is 5.79. The van der Waals surface area contributed by atoms with E-state index in [0.29, 0.717) is 18.1 Å². The zero-order valence-electron chi connectivity index (χ0n) is 14.1. The molecule has 0 radical (unpaired) electrons. The summed E-state index contributed by atoms with van der Waals surface area (Å²) in [5.74, 6) is -0.143. The van der Waals surface area contributed by atoms with Crippen molar-refractivity contribution in [1.29, 1.82) is 0 Å². The summed E-state index contributed by atoms with van der Waals surface area (Å²) in [4.78, 5) is 7.70. The number of aromatic nitrogens is 1. The second kappa shape index (κ2) is 9.02. The molecule has 2 rings (SSSR count). The summed E-state index contributed by atoms with van der Waals surface area (Å²) in [5, 5.41) is 8.51. The zero-order chi connectivity index (χ0) is 19.0. The van der Waals surface area contributed by atoms with E-state index in [0.717, 1.165) is 6.07 Å². The Kier molecular flexibility index (Phi) is 6.76. The molecule has 0 amide bonds. The smallest absolute Gasteiger partial charge is 0.368 e. The van der Waals surface area contributed by atoms with Gasteiger partial charge in [-0.3, -0.25) is 4.99 Å². The highest BCUT2D eigenvalue weighted by atomic mass is 19.4. The molecule has 0 aliphatic rings. The van der Waals surface area contributed by atoms with Gasteiger partial charge in [0.1, 0.15) is 11.6 Å². The minimum Gasteiger partial charge on any atom is -0.368 e. The van der Waals surface area contributed by atoms with E-state index in [1.807, 2.05) is 0 Å². The van der Waals surface area contributed by atoms with Gasteiger partial charge in [-0.2, -0.15) is 13.2 Å². The quantitative estimate of drug-likeness (QED) is 0.317. The lowest BCUT2D eigenvalue weighted by Crippen LogP contribution is -2.39. The molecule has 1 heterocycles. The molecule has 0 unspecified atom stereocenters. The van der Waals surface area contributed by atoms with Crippen LogP contribution in [0.4, 0.5) is 23.4 Å². The third kappa shape index (κ3) is 5.61. The van der Waals surface area contributed by atoms with Crippen molar-refractivity contribution < 1.29 is 17.6 Å². The van der Waals surface area contributed by atoms with E-state index < -0.39 is 11.7 Å². The van der Waals surface area contributed by atoms with Crippen LogP contribution in [-0.2, 0) is 12.7 Å². The fraction of sp³-hybridized carbons (Fsp3) is 0.294. The maximum absolute atomic E-state index is 13.6. The number of alkyl halides is 3. The molecule has 0 aliphatic heterocycles. The van der Waals surface area contributed by atoms with Gasteiger partial charge in [-0.05, 0) is 18.2 Å². The highest BCUT2D eigenvalue weighted by Crippen LogP contribution is 2.33. The molecule has 0 saturated heterocycles. The van der Waals surface area contributed by atoms with E-state index in [2.05, 4.69) is 25.9 Å². The Labute approximate surface area is 148 Å². The van der Waals surface area contributed by atoms with Gasteiger partial charge < -0.3 is 16.0 Å². The predicted octanol–water partition coefficient (Wildman–Crippen LogP) is 3.02. The molecule has 0 saturated carbocycles. The van der Waals surface area contributed by atoms with Gasteiger partial charge in [-0.25, -0.2) is 9.37 Å². The number of hydrogen-bond acceptors (Lipinski definition) is 3. The normalized spacial score (nSPS) is 12.0. The van der Waals surface area contributed by atoms with Gasteiger partial charge >= 0.3 is 6.18 Å². The van der Waals surface area contributed by atoms with Crippen LogP contribution in [0.3, 0.4) is 0 Å². The van der Waals surface area contributed by atoms with Gasteiger partial charge in [0.2, 0.25) is 0 Å². The summed E-state index contributed by atoms with van der Waals surface area (Å²) in [6, 6.07) is 8.55. The van der Waals surface area contributed by atoms with Crippen LogP contribution < -0.4 is 16.0 Å². The molecule has 26 heavy (non-hydrogen) atoms. The maximum Gasteiger partial charge on any atom is 0.419 e. The third-order valence-electron chi connectivity index (χ3n) is 3.45. The minimum absolute atomic E-state index is 0.195. The average Bonchev–Trinajstić information content (AvgIpc) is 2.62. The van der Waals surface area contributed by atoms with Gasteiger partial charge in [0.15, 0.2) is 5.96 Å². The lowest BCUT2D eigenvalue weighted by atomic mass is 10.2. The number of guanidine groups is 1. The van der Waals surface area contributed by atoms with Gasteiger partial charge in [-0.1, -0.05) is 18.2 Å². The number of nitrogens with one attached hydrogen (secondary N) is 3. The molecule has 1 aromatic heterocycles. The van der Waals surface area contributed by atoms with Gasteiger partial charge in [-0.15, -0.1) is 0 Å². The summed E-state index contributed by atoms with van der Waals surface area (Å²) in [7, 11) is 1.55. The van der Waals surface area contributed by atoms with E-state index in [9.17, 15) is 17.6 Å². The molecule has 5 nitrogen and oxygen atoms in total. The second-order valence-corrected chi connectivity index (χ2v) is 5.27. The minimum atomic E-state index is -4.47. The van der Waals surface area contributed by atoms with Crippen molar-refractivity contribution in [2.45, 2.75) is 12.7 Å². The molecule has 0 spiro atoms. The van der Waals surface area contributed by atoms with Crippen LogP contribution in [-0.4, -0.2) is 31.1 Å². The van der Waals surface area contributed by atoms with Crippen LogP contribution >= 0.6 is 0 Å². The van der Waals surface area contributed by atoms with Crippen molar-refractivity contribution in [2.75, 3.05) is 25.5 Å². The predicted molar refractivity (Wildman–Crippen MR) is 92.3 cm³/mol. The van der Waals surface area contributed by atoms with E-state index >= 15 is 0 Å². The van der Waals surface area contributed by atoms with Crippen LogP contribution in [0.25, 0.3) is 0 Å². The standard InChI is InChI=1S/C17H19F4N5/c1-22-16(26-11-12-5-2-3-7-14(12)18)25-10-9-24-15-13(17(19,20)21)6-4-8-23-15/h2-8H,9-11H2,1H3,(H,23,24)(H2,22,25,26). The van der Waals surface area contributed by atoms with Crippen molar-refractivity contribution in [2.24, 2.45) is 4.99 Å². The molecule has 9 heteroatoms. The topological polar surface area (TPSA) is 61.3 Å². The Bertz CT molecular complexity index is 746. The average molecular weight is 369 g/mol. The molecule has 0 atom stereocenters.